The molecule has 0 saturated heterocycles. The fourth-order valence-electron chi connectivity index (χ4n) is 1.74. The first kappa shape index (κ1) is 16.5. The van der Waals surface area contributed by atoms with E-state index in [1.807, 2.05) is 0 Å². The Hall–Kier alpha value is -1.88. The van der Waals surface area contributed by atoms with Gasteiger partial charge in [-0.2, -0.15) is 5.32 Å². The highest BCUT2D eigenvalue weighted by Gasteiger charge is 2.21. The number of hydrogen-bond acceptors (Lipinski definition) is 5. The summed E-state index contributed by atoms with van der Waals surface area (Å²) in [5.74, 6) is -0.655. The number of thiazole rings is 1. The van der Waals surface area contributed by atoms with E-state index in [1.165, 1.54) is 6.92 Å². The van der Waals surface area contributed by atoms with Gasteiger partial charge in [-0.3, -0.25) is 4.79 Å². The molecule has 2 amide bonds. The van der Waals surface area contributed by atoms with E-state index in [0.717, 1.165) is 14.9 Å². The van der Waals surface area contributed by atoms with E-state index in [2.05, 4.69) is 43.4 Å². The van der Waals surface area contributed by atoms with Crippen molar-refractivity contribution in [1.29, 1.82) is 0 Å². The number of rotatable bonds is 4. The minimum atomic E-state index is -0.393. The topological polar surface area (TPSA) is 102 Å². The number of aromatic amines is 1. The minimum Gasteiger partial charge on any atom is -0.325 e. The van der Waals surface area contributed by atoms with Gasteiger partial charge in [0.25, 0.3) is 0 Å². The number of carbonyl (C=O) groups excluding carboxylic acids is 2. The van der Waals surface area contributed by atoms with E-state index in [-0.39, 0.29) is 10.9 Å². The fourth-order valence-corrected chi connectivity index (χ4v) is 3.02. The highest BCUT2D eigenvalue weighted by Crippen LogP contribution is 2.27. The van der Waals surface area contributed by atoms with Crippen molar-refractivity contribution in [1.82, 2.24) is 0 Å². The number of nitrogens with one attached hydrogen (secondary N) is 3. The minimum absolute atomic E-state index is 0.262. The lowest BCUT2D eigenvalue weighted by Crippen LogP contribution is -2.20. The molecule has 0 bridgehead atoms. The van der Waals surface area contributed by atoms with E-state index >= 15 is 0 Å². The summed E-state index contributed by atoms with van der Waals surface area (Å²) in [7, 11) is 0. The maximum absolute atomic E-state index is 12.3. The summed E-state index contributed by atoms with van der Waals surface area (Å²) in [6.07, 6.45) is 0. The first-order valence-corrected chi connectivity index (χ1v) is 8.04. The van der Waals surface area contributed by atoms with Crippen LogP contribution in [0, 0.1) is 15.4 Å². The molecule has 0 aliphatic carbocycles. The number of nitroso groups, excluding NO2 is 1. The average Bonchev–Trinajstić information content (AvgIpc) is 2.77. The highest BCUT2D eigenvalue weighted by molar-refractivity contribution is 14.1. The molecule has 114 valence electrons. The third-order valence-corrected chi connectivity index (χ3v) is 4.32. The summed E-state index contributed by atoms with van der Waals surface area (Å²) >= 11 is 3.14. The lowest BCUT2D eigenvalue weighted by Gasteiger charge is -2.07. The van der Waals surface area contributed by atoms with E-state index in [1.54, 1.807) is 25.1 Å². The fraction of sp³-hybridized carbons (Fsp3) is 0.154. The Morgan fingerprint density at radius 1 is 1.32 bits per heavy atom. The van der Waals surface area contributed by atoms with Crippen molar-refractivity contribution in [2.24, 2.45) is 5.18 Å². The molecule has 0 saturated carbocycles. The van der Waals surface area contributed by atoms with Crippen LogP contribution in [0.5, 0.6) is 0 Å². The molecule has 9 heteroatoms. The van der Waals surface area contributed by atoms with Crippen LogP contribution >= 0.6 is 33.9 Å². The summed E-state index contributed by atoms with van der Waals surface area (Å²) in [6, 6.07) is 5.10. The lowest BCUT2D eigenvalue weighted by atomic mass is 10.1. The Morgan fingerprint density at radius 3 is 2.64 bits per heavy atom. The van der Waals surface area contributed by atoms with E-state index < -0.39 is 5.91 Å². The molecular formula is C13H12IN4O3S+. The predicted molar refractivity (Wildman–Crippen MR) is 92.5 cm³/mol. The van der Waals surface area contributed by atoms with Gasteiger partial charge in [-0.05, 0) is 57.3 Å². The molecule has 2 rings (SSSR count). The first-order valence-electron chi connectivity index (χ1n) is 6.15. The molecule has 0 fully saturated rings. The zero-order chi connectivity index (χ0) is 16.3. The Bertz CT molecular complexity index is 760. The average molecular weight is 431 g/mol. The van der Waals surface area contributed by atoms with E-state index in [0.29, 0.717) is 22.1 Å². The third-order valence-electron chi connectivity index (χ3n) is 2.67. The number of anilines is 2. The number of aryl methyl sites for hydroxylation is 1. The Labute approximate surface area is 143 Å². The molecule has 0 spiro atoms. The van der Waals surface area contributed by atoms with Crippen LogP contribution in [0.25, 0.3) is 0 Å². The van der Waals surface area contributed by atoms with Crippen LogP contribution in [-0.4, -0.2) is 11.8 Å². The van der Waals surface area contributed by atoms with Crippen molar-refractivity contribution in [3.63, 3.8) is 0 Å². The number of hydrogen-bond donors (Lipinski definition) is 2. The van der Waals surface area contributed by atoms with Crippen molar-refractivity contribution in [3.05, 3.63) is 37.9 Å². The summed E-state index contributed by atoms with van der Waals surface area (Å²) < 4.78 is 0.892. The number of benzene rings is 1. The Morgan fingerprint density at radius 2 is 2.05 bits per heavy atom. The molecule has 22 heavy (non-hydrogen) atoms. The number of amides is 2. The summed E-state index contributed by atoms with van der Waals surface area (Å²) in [4.78, 5) is 37.1. The summed E-state index contributed by atoms with van der Waals surface area (Å²) in [5.41, 5.74) is 1.34. The van der Waals surface area contributed by atoms with Gasteiger partial charge < -0.3 is 5.32 Å². The van der Waals surface area contributed by atoms with Crippen LogP contribution < -0.4 is 15.6 Å². The highest BCUT2D eigenvalue weighted by atomic mass is 127. The smallest absolute Gasteiger partial charge is 0.325 e. The molecule has 1 aromatic heterocycles. The van der Waals surface area contributed by atoms with Crippen LogP contribution in [0.1, 0.15) is 23.0 Å². The second kappa shape index (κ2) is 6.92. The normalized spacial score (nSPS) is 10.1. The van der Waals surface area contributed by atoms with Crippen molar-refractivity contribution in [2.45, 2.75) is 13.8 Å². The maximum Gasteiger partial charge on any atom is 0.341 e. The zero-order valence-electron chi connectivity index (χ0n) is 11.7. The largest absolute Gasteiger partial charge is 0.341 e. The quantitative estimate of drug-likeness (QED) is 0.575. The number of halogens is 1. The molecule has 0 unspecified atom stereocenters. The van der Waals surface area contributed by atoms with E-state index in [9.17, 15) is 14.5 Å². The molecule has 0 radical (unpaired) electrons. The van der Waals surface area contributed by atoms with Gasteiger partial charge in [0.15, 0.2) is 0 Å². The number of H-pyrrole nitrogens is 1. The molecule has 0 aliphatic heterocycles. The first-order chi connectivity index (χ1) is 10.4. The monoisotopic (exact) mass is 431 g/mol. The Kier molecular flexibility index (Phi) is 5.19. The molecule has 0 atom stereocenters. The van der Waals surface area contributed by atoms with Gasteiger partial charge in [0.2, 0.25) is 10.9 Å². The van der Waals surface area contributed by atoms with Crippen molar-refractivity contribution < 1.29 is 14.6 Å². The van der Waals surface area contributed by atoms with Gasteiger partial charge in [-0.15, -0.1) is 4.91 Å². The van der Waals surface area contributed by atoms with Crippen molar-refractivity contribution in [2.75, 3.05) is 10.6 Å². The molecule has 2 aromatic rings. The number of aromatic nitrogens is 1. The maximum atomic E-state index is 12.3. The van der Waals surface area contributed by atoms with Gasteiger partial charge in [0, 0.05) is 17.4 Å². The molecular weight excluding hydrogens is 419 g/mol. The van der Waals surface area contributed by atoms with Gasteiger partial charge in [0.05, 0.1) is 11.3 Å². The van der Waals surface area contributed by atoms with Gasteiger partial charge in [-0.1, -0.05) is 0 Å². The van der Waals surface area contributed by atoms with Crippen LogP contribution in [0.4, 0.5) is 15.8 Å². The molecule has 0 aliphatic rings. The standard InChI is InChI=1S/C13H11IN4O3S/c1-6-12(18-21)22-13(15-6)17-11(20)9-4-3-8(14)5-10(9)16-7(2)19/h3-5H,1-2H3,(H,16,19)(H,15,17,20)/p+1. The van der Waals surface area contributed by atoms with Crippen molar-refractivity contribution in [3.8, 4) is 0 Å². The van der Waals surface area contributed by atoms with Gasteiger partial charge >= 0.3 is 11.0 Å². The second-order valence-electron chi connectivity index (χ2n) is 4.40. The van der Waals surface area contributed by atoms with Crippen LogP contribution in [0.2, 0.25) is 0 Å². The SMILES string of the molecule is CC(=O)Nc1cc(I)ccc1C(=O)Nc1[nH+]c(C)c(N=O)s1. The van der Waals surface area contributed by atoms with Crippen LogP contribution in [0.3, 0.4) is 0 Å². The second-order valence-corrected chi connectivity index (χ2v) is 6.65. The predicted octanol–water partition coefficient (Wildman–Crippen LogP) is 3.08. The molecule has 1 heterocycles. The molecule has 1 aromatic carbocycles. The van der Waals surface area contributed by atoms with Crippen LogP contribution in [0.15, 0.2) is 23.4 Å². The number of nitrogens with zero attached hydrogens (tertiary/aromatic N) is 1. The van der Waals surface area contributed by atoms with E-state index in [4.69, 9.17) is 0 Å². The third kappa shape index (κ3) is 3.85. The van der Waals surface area contributed by atoms with Crippen LogP contribution in [-0.2, 0) is 4.79 Å². The molecule has 3 N–H and O–H groups in total. The van der Waals surface area contributed by atoms with Gasteiger partial charge in [0.1, 0.15) is 5.69 Å². The summed E-state index contributed by atoms with van der Waals surface area (Å²) in [6.45, 7) is 3.07. The zero-order valence-corrected chi connectivity index (χ0v) is 14.7. The van der Waals surface area contributed by atoms with Gasteiger partial charge in [-0.25, -0.2) is 9.78 Å². The molecule has 7 nitrogen and oxygen atoms in total. The Balaban J connectivity index is 2.28. The summed E-state index contributed by atoms with van der Waals surface area (Å²) in [5, 5.41) is 8.84. The lowest BCUT2D eigenvalue weighted by molar-refractivity contribution is -0.363. The number of carbonyl (C=O) groups is 2. The van der Waals surface area contributed by atoms with Crippen molar-refractivity contribution >= 4 is 61.6 Å².